The Morgan fingerprint density at radius 3 is 2.38 bits per heavy atom. The average Bonchev–Trinajstić information content (AvgIpc) is 2.53. The number of para-hydroxylation sites is 1. The van der Waals surface area contributed by atoms with Gasteiger partial charge in [0.2, 0.25) is 0 Å². The van der Waals surface area contributed by atoms with Gasteiger partial charge in [0, 0.05) is 17.8 Å². The summed E-state index contributed by atoms with van der Waals surface area (Å²) < 4.78 is 45.1. The van der Waals surface area contributed by atoms with E-state index in [1.54, 1.807) is 6.07 Å². The highest BCUT2D eigenvalue weighted by atomic mass is 19.4. The summed E-state index contributed by atoms with van der Waals surface area (Å²) in [5, 5.41) is 5.15. The number of ether oxygens (including phenoxy) is 2. The predicted molar refractivity (Wildman–Crippen MR) is 82.0 cm³/mol. The SMILES string of the molecule is COc1ccccc1CNC(=O)Nc1ccc(OC(F)(F)F)cc1. The van der Waals surface area contributed by atoms with Crippen LogP contribution in [0, 0.1) is 0 Å². The second-order valence-electron chi connectivity index (χ2n) is 4.69. The van der Waals surface area contributed by atoms with Gasteiger partial charge in [0.15, 0.2) is 0 Å². The first-order valence-electron chi connectivity index (χ1n) is 6.90. The predicted octanol–water partition coefficient (Wildman–Crippen LogP) is 3.92. The molecule has 8 heteroatoms. The van der Waals surface area contributed by atoms with Crippen molar-refractivity contribution in [2.24, 2.45) is 0 Å². The average molecular weight is 340 g/mol. The molecule has 0 atom stereocenters. The van der Waals surface area contributed by atoms with Crippen LogP contribution in [0.3, 0.4) is 0 Å². The number of amides is 2. The molecule has 0 aliphatic rings. The number of urea groups is 1. The summed E-state index contributed by atoms with van der Waals surface area (Å²) in [7, 11) is 1.53. The van der Waals surface area contributed by atoms with E-state index in [4.69, 9.17) is 4.74 Å². The van der Waals surface area contributed by atoms with E-state index in [0.717, 1.165) is 17.7 Å². The molecule has 2 amide bonds. The fraction of sp³-hybridized carbons (Fsp3) is 0.188. The first-order chi connectivity index (χ1) is 11.4. The minimum atomic E-state index is -4.75. The molecule has 0 aromatic heterocycles. The zero-order valence-electron chi connectivity index (χ0n) is 12.7. The van der Waals surface area contributed by atoms with E-state index in [1.807, 2.05) is 18.2 Å². The molecule has 0 fully saturated rings. The quantitative estimate of drug-likeness (QED) is 0.867. The summed E-state index contributed by atoms with van der Waals surface area (Å²) in [5.74, 6) is 0.286. The number of benzene rings is 2. The number of halogens is 3. The van der Waals surface area contributed by atoms with Crippen LogP contribution in [-0.2, 0) is 6.54 Å². The highest BCUT2D eigenvalue weighted by molar-refractivity contribution is 5.89. The Bertz CT molecular complexity index is 688. The highest BCUT2D eigenvalue weighted by Crippen LogP contribution is 2.24. The Kier molecular flexibility index (Phi) is 5.51. The summed E-state index contributed by atoms with van der Waals surface area (Å²) in [4.78, 5) is 11.8. The van der Waals surface area contributed by atoms with Gasteiger partial charge in [-0.2, -0.15) is 0 Å². The van der Waals surface area contributed by atoms with Crippen LogP contribution in [0.1, 0.15) is 5.56 Å². The van der Waals surface area contributed by atoms with Crippen molar-refractivity contribution in [2.45, 2.75) is 12.9 Å². The fourth-order valence-corrected chi connectivity index (χ4v) is 1.94. The molecule has 0 unspecified atom stereocenters. The zero-order valence-corrected chi connectivity index (χ0v) is 12.7. The van der Waals surface area contributed by atoms with E-state index in [9.17, 15) is 18.0 Å². The molecule has 0 aliphatic heterocycles. The maximum Gasteiger partial charge on any atom is 0.573 e. The number of carbonyl (C=O) groups is 1. The van der Waals surface area contributed by atoms with E-state index >= 15 is 0 Å². The summed E-state index contributed by atoms with van der Waals surface area (Å²) >= 11 is 0. The van der Waals surface area contributed by atoms with Gasteiger partial charge in [0.05, 0.1) is 7.11 Å². The molecule has 0 saturated carbocycles. The van der Waals surface area contributed by atoms with Crippen LogP contribution in [0.15, 0.2) is 48.5 Å². The van der Waals surface area contributed by atoms with Gasteiger partial charge in [-0.1, -0.05) is 18.2 Å². The Morgan fingerprint density at radius 2 is 1.75 bits per heavy atom. The number of carbonyl (C=O) groups excluding carboxylic acids is 1. The molecule has 2 N–H and O–H groups in total. The minimum Gasteiger partial charge on any atom is -0.496 e. The van der Waals surface area contributed by atoms with Gasteiger partial charge in [-0.25, -0.2) is 4.79 Å². The second kappa shape index (κ2) is 7.58. The highest BCUT2D eigenvalue weighted by Gasteiger charge is 2.30. The number of rotatable bonds is 5. The molecule has 2 rings (SSSR count). The maximum absolute atomic E-state index is 12.1. The van der Waals surface area contributed by atoms with Crippen molar-refractivity contribution in [3.63, 3.8) is 0 Å². The Morgan fingerprint density at radius 1 is 1.08 bits per heavy atom. The molecule has 0 heterocycles. The van der Waals surface area contributed by atoms with E-state index < -0.39 is 12.4 Å². The molecule has 2 aromatic rings. The van der Waals surface area contributed by atoms with Gasteiger partial charge in [-0.05, 0) is 30.3 Å². The Balaban J connectivity index is 1.88. The number of alkyl halides is 3. The lowest BCUT2D eigenvalue weighted by Crippen LogP contribution is -2.28. The van der Waals surface area contributed by atoms with Gasteiger partial charge in [-0.15, -0.1) is 13.2 Å². The van der Waals surface area contributed by atoms with Gasteiger partial charge in [0.1, 0.15) is 11.5 Å². The van der Waals surface area contributed by atoms with Crippen molar-refractivity contribution in [1.82, 2.24) is 5.32 Å². The lowest BCUT2D eigenvalue weighted by Gasteiger charge is -2.11. The van der Waals surface area contributed by atoms with Crippen LogP contribution in [0.2, 0.25) is 0 Å². The van der Waals surface area contributed by atoms with Crippen LogP contribution in [0.4, 0.5) is 23.7 Å². The van der Waals surface area contributed by atoms with Crippen molar-refractivity contribution < 1.29 is 27.4 Å². The molecule has 0 spiro atoms. The topological polar surface area (TPSA) is 59.6 Å². The van der Waals surface area contributed by atoms with Gasteiger partial charge >= 0.3 is 12.4 Å². The number of nitrogens with one attached hydrogen (secondary N) is 2. The van der Waals surface area contributed by atoms with Crippen LogP contribution in [0.5, 0.6) is 11.5 Å². The first-order valence-corrected chi connectivity index (χ1v) is 6.90. The normalized spacial score (nSPS) is 10.8. The van der Waals surface area contributed by atoms with Crippen molar-refractivity contribution >= 4 is 11.7 Å². The third-order valence-corrected chi connectivity index (χ3v) is 2.98. The van der Waals surface area contributed by atoms with E-state index in [-0.39, 0.29) is 12.3 Å². The third kappa shape index (κ3) is 5.38. The number of hydrogen-bond donors (Lipinski definition) is 2. The first kappa shape index (κ1) is 17.5. The van der Waals surface area contributed by atoms with Crippen molar-refractivity contribution in [3.05, 3.63) is 54.1 Å². The molecule has 0 radical (unpaired) electrons. The number of hydrogen-bond acceptors (Lipinski definition) is 3. The summed E-state index contributed by atoms with van der Waals surface area (Å²) in [5.41, 5.74) is 1.13. The number of methoxy groups -OCH3 is 1. The monoisotopic (exact) mass is 340 g/mol. The molecule has 2 aromatic carbocycles. The van der Waals surface area contributed by atoms with Crippen LogP contribution >= 0.6 is 0 Å². The number of anilines is 1. The summed E-state index contributed by atoms with van der Waals surface area (Å²) in [6.45, 7) is 0.241. The molecule has 0 bridgehead atoms. The molecule has 5 nitrogen and oxygen atoms in total. The fourth-order valence-electron chi connectivity index (χ4n) is 1.94. The molecular formula is C16H15F3N2O3. The largest absolute Gasteiger partial charge is 0.573 e. The van der Waals surface area contributed by atoms with E-state index in [1.165, 1.54) is 19.2 Å². The van der Waals surface area contributed by atoms with Crippen molar-refractivity contribution in [3.8, 4) is 11.5 Å². The lowest BCUT2D eigenvalue weighted by molar-refractivity contribution is -0.274. The van der Waals surface area contributed by atoms with E-state index in [0.29, 0.717) is 11.4 Å². The summed E-state index contributed by atoms with van der Waals surface area (Å²) in [6, 6.07) is 11.6. The van der Waals surface area contributed by atoms with Crippen LogP contribution < -0.4 is 20.1 Å². The van der Waals surface area contributed by atoms with Crippen LogP contribution in [0.25, 0.3) is 0 Å². The van der Waals surface area contributed by atoms with E-state index in [2.05, 4.69) is 15.4 Å². The Hall–Kier alpha value is -2.90. The van der Waals surface area contributed by atoms with Crippen molar-refractivity contribution in [2.75, 3.05) is 12.4 Å². The van der Waals surface area contributed by atoms with Gasteiger partial charge in [-0.3, -0.25) is 0 Å². The van der Waals surface area contributed by atoms with Gasteiger partial charge in [0.25, 0.3) is 0 Å². The molecule has 0 saturated heterocycles. The van der Waals surface area contributed by atoms with Gasteiger partial charge < -0.3 is 20.1 Å². The Labute approximate surface area is 136 Å². The maximum atomic E-state index is 12.1. The molecule has 0 aliphatic carbocycles. The smallest absolute Gasteiger partial charge is 0.496 e. The summed E-state index contributed by atoms with van der Waals surface area (Å²) in [6.07, 6.45) is -4.75. The standard InChI is InChI=1S/C16H15F3N2O3/c1-23-14-5-3-2-4-11(14)10-20-15(22)21-12-6-8-13(9-7-12)24-16(17,18)19/h2-9H,10H2,1H3,(H2,20,21,22). The third-order valence-electron chi connectivity index (χ3n) is 2.98. The molecular weight excluding hydrogens is 325 g/mol. The minimum absolute atomic E-state index is 0.241. The molecule has 24 heavy (non-hydrogen) atoms. The van der Waals surface area contributed by atoms with Crippen LogP contribution in [-0.4, -0.2) is 19.5 Å². The molecule has 128 valence electrons. The lowest BCUT2D eigenvalue weighted by atomic mass is 10.2. The zero-order chi connectivity index (χ0) is 17.6. The second-order valence-corrected chi connectivity index (χ2v) is 4.69. The van der Waals surface area contributed by atoms with Crippen molar-refractivity contribution in [1.29, 1.82) is 0 Å².